The zero-order chi connectivity index (χ0) is 18.8. The number of para-hydroxylation sites is 2. The van der Waals surface area contributed by atoms with Gasteiger partial charge >= 0.3 is 0 Å². The number of nitrogens with zero attached hydrogens (tertiary/aromatic N) is 1. The number of amides is 2. The lowest BCUT2D eigenvalue weighted by Gasteiger charge is -2.09. The maximum Gasteiger partial charge on any atom is 0.291 e. The van der Waals surface area contributed by atoms with E-state index in [1.807, 2.05) is 31.2 Å². The van der Waals surface area contributed by atoms with Gasteiger partial charge in [0, 0.05) is 11.3 Å². The minimum Gasteiger partial charge on any atom is -0.459 e. The highest BCUT2D eigenvalue weighted by molar-refractivity contribution is 6.06. The number of aromatic amines is 1. The second kappa shape index (κ2) is 6.80. The van der Waals surface area contributed by atoms with Crippen LogP contribution in [0.2, 0.25) is 0 Å². The van der Waals surface area contributed by atoms with Gasteiger partial charge in [0.25, 0.3) is 11.8 Å². The van der Waals surface area contributed by atoms with E-state index in [-0.39, 0.29) is 17.6 Å². The number of carbonyl (C=O) groups is 2. The Labute approximate surface area is 154 Å². The lowest BCUT2D eigenvalue weighted by Crippen LogP contribution is -2.15. The van der Waals surface area contributed by atoms with Gasteiger partial charge in [-0.15, -0.1) is 0 Å². The Morgan fingerprint density at radius 3 is 2.63 bits per heavy atom. The Hall–Kier alpha value is -3.87. The summed E-state index contributed by atoms with van der Waals surface area (Å²) >= 11 is 0. The molecule has 0 radical (unpaired) electrons. The van der Waals surface area contributed by atoms with Gasteiger partial charge in [0.1, 0.15) is 0 Å². The topological polar surface area (TPSA) is 100 Å². The third-order valence-corrected chi connectivity index (χ3v) is 4.11. The van der Waals surface area contributed by atoms with E-state index >= 15 is 0 Å². The second-order valence-corrected chi connectivity index (χ2v) is 6.02. The molecule has 2 heterocycles. The summed E-state index contributed by atoms with van der Waals surface area (Å²) in [6.07, 6.45) is 1.43. The zero-order valence-corrected chi connectivity index (χ0v) is 14.4. The fourth-order valence-corrected chi connectivity index (χ4v) is 2.68. The van der Waals surface area contributed by atoms with Crippen molar-refractivity contribution in [1.29, 1.82) is 0 Å². The van der Waals surface area contributed by atoms with Crippen molar-refractivity contribution in [2.24, 2.45) is 0 Å². The third kappa shape index (κ3) is 3.43. The van der Waals surface area contributed by atoms with Crippen LogP contribution in [0.5, 0.6) is 0 Å². The van der Waals surface area contributed by atoms with E-state index in [9.17, 15) is 9.59 Å². The van der Waals surface area contributed by atoms with Gasteiger partial charge in [-0.1, -0.05) is 18.2 Å². The molecular formula is C20H16N4O3. The predicted octanol–water partition coefficient (Wildman–Crippen LogP) is 3.97. The highest BCUT2D eigenvalue weighted by Gasteiger charge is 2.14. The Balaban J connectivity index is 1.54. The fourth-order valence-electron chi connectivity index (χ4n) is 2.68. The molecule has 2 aromatic carbocycles. The third-order valence-electron chi connectivity index (χ3n) is 4.11. The summed E-state index contributed by atoms with van der Waals surface area (Å²) < 4.78 is 5.09. The van der Waals surface area contributed by atoms with Crippen LogP contribution in [0.25, 0.3) is 11.0 Å². The van der Waals surface area contributed by atoms with Gasteiger partial charge in [-0.25, -0.2) is 4.98 Å². The summed E-state index contributed by atoms with van der Waals surface area (Å²) in [6, 6.07) is 15.8. The van der Waals surface area contributed by atoms with Gasteiger partial charge in [-0.05, 0) is 48.9 Å². The van der Waals surface area contributed by atoms with Crippen LogP contribution in [0, 0.1) is 6.92 Å². The van der Waals surface area contributed by atoms with Crippen molar-refractivity contribution >= 4 is 34.5 Å². The molecular weight excluding hydrogens is 344 g/mol. The van der Waals surface area contributed by atoms with Crippen LogP contribution in [0.3, 0.4) is 0 Å². The van der Waals surface area contributed by atoms with Gasteiger partial charge in [0.15, 0.2) is 5.76 Å². The van der Waals surface area contributed by atoms with E-state index < -0.39 is 0 Å². The number of benzene rings is 2. The van der Waals surface area contributed by atoms with Crippen LogP contribution in [-0.4, -0.2) is 21.8 Å². The van der Waals surface area contributed by atoms with E-state index in [1.54, 1.807) is 30.3 Å². The van der Waals surface area contributed by atoms with Gasteiger partial charge in [-0.3, -0.25) is 14.9 Å². The maximum atomic E-state index is 12.6. The molecule has 0 spiro atoms. The molecule has 0 saturated heterocycles. The van der Waals surface area contributed by atoms with Crippen LogP contribution in [0.4, 0.5) is 11.6 Å². The number of H-pyrrole nitrogens is 1. The minimum absolute atomic E-state index is 0.200. The Kier molecular flexibility index (Phi) is 4.18. The van der Waals surface area contributed by atoms with Crippen molar-refractivity contribution < 1.29 is 14.0 Å². The summed E-state index contributed by atoms with van der Waals surface area (Å²) in [5.41, 5.74) is 3.37. The molecule has 0 aliphatic carbocycles. The second-order valence-electron chi connectivity index (χ2n) is 6.02. The molecule has 0 unspecified atom stereocenters. The monoisotopic (exact) mass is 360 g/mol. The number of anilines is 2. The summed E-state index contributed by atoms with van der Waals surface area (Å²) in [6.45, 7) is 1.85. The molecule has 4 rings (SSSR count). The molecule has 7 nitrogen and oxygen atoms in total. The number of carbonyl (C=O) groups excluding carboxylic acids is 2. The summed E-state index contributed by atoms with van der Waals surface area (Å²) in [5, 5.41) is 5.50. The van der Waals surface area contributed by atoms with Crippen LogP contribution < -0.4 is 10.6 Å². The standard InChI is InChI=1S/C20H16N4O3/c1-12-8-9-13(11-16(12)21-19(26)17-7-4-10-27-17)18(25)24-20-22-14-5-2-3-6-15(14)23-20/h2-11H,1H3,(H,21,26)(H2,22,23,24,25). The lowest BCUT2D eigenvalue weighted by atomic mass is 10.1. The van der Waals surface area contributed by atoms with E-state index in [0.717, 1.165) is 16.6 Å². The minimum atomic E-state index is -0.377. The number of imidazole rings is 1. The van der Waals surface area contributed by atoms with E-state index in [2.05, 4.69) is 20.6 Å². The van der Waals surface area contributed by atoms with Gasteiger partial charge in [0.2, 0.25) is 5.95 Å². The molecule has 3 N–H and O–H groups in total. The molecule has 0 aliphatic rings. The summed E-state index contributed by atoms with van der Waals surface area (Å²) in [7, 11) is 0. The number of aryl methyl sites for hydroxylation is 1. The quantitative estimate of drug-likeness (QED) is 0.513. The van der Waals surface area contributed by atoms with Crippen LogP contribution in [0.15, 0.2) is 65.3 Å². The van der Waals surface area contributed by atoms with E-state index in [4.69, 9.17) is 4.42 Å². The molecule has 0 saturated carbocycles. The van der Waals surface area contributed by atoms with Crippen molar-refractivity contribution in [1.82, 2.24) is 9.97 Å². The first-order valence-electron chi connectivity index (χ1n) is 8.32. The largest absolute Gasteiger partial charge is 0.459 e. The number of hydrogen-bond donors (Lipinski definition) is 3. The molecule has 0 fully saturated rings. The molecule has 2 amide bonds. The molecule has 0 aliphatic heterocycles. The van der Waals surface area contributed by atoms with E-state index in [0.29, 0.717) is 17.2 Å². The molecule has 27 heavy (non-hydrogen) atoms. The molecule has 4 aromatic rings. The van der Waals surface area contributed by atoms with Crippen molar-refractivity contribution in [3.63, 3.8) is 0 Å². The zero-order valence-electron chi connectivity index (χ0n) is 14.4. The number of furan rings is 1. The number of rotatable bonds is 4. The lowest BCUT2D eigenvalue weighted by molar-refractivity contribution is 0.0993. The molecule has 0 bridgehead atoms. The van der Waals surface area contributed by atoms with Gasteiger partial charge < -0.3 is 14.7 Å². The average molecular weight is 360 g/mol. The van der Waals surface area contributed by atoms with Crippen molar-refractivity contribution in [2.45, 2.75) is 6.92 Å². The fraction of sp³-hybridized carbons (Fsp3) is 0.0500. The first-order valence-corrected chi connectivity index (χ1v) is 8.32. The van der Waals surface area contributed by atoms with Crippen LogP contribution in [0.1, 0.15) is 26.5 Å². The molecule has 2 aromatic heterocycles. The predicted molar refractivity (Wildman–Crippen MR) is 102 cm³/mol. The van der Waals surface area contributed by atoms with Crippen molar-refractivity contribution in [3.8, 4) is 0 Å². The number of nitrogens with one attached hydrogen (secondary N) is 3. The Morgan fingerprint density at radius 2 is 1.85 bits per heavy atom. The van der Waals surface area contributed by atoms with E-state index in [1.165, 1.54) is 6.26 Å². The highest BCUT2D eigenvalue weighted by atomic mass is 16.3. The Bertz CT molecular complexity index is 1100. The highest BCUT2D eigenvalue weighted by Crippen LogP contribution is 2.20. The van der Waals surface area contributed by atoms with Gasteiger partial charge in [0.05, 0.1) is 17.3 Å². The normalized spacial score (nSPS) is 10.7. The van der Waals surface area contributed by atoms with Crippen molar-refractivity contribution in [2.75, 3.05) is 10.6 Å². The number of aromatic nitrogens is 2. The Morgan fingerprint density at radius 1 is 1.00 bits per heavy atom. The van der Waals surface area contributed by atoms with Gasteiger partial charge in [-0.2, -0.15) is 0 Å². The first kappa shape index (κ1) is 16.6. The summed E-state index contributed by atoms with van der Waals surface area (Å²) in [5.74, 6) is -0.144. The van der Waals surface area contributed by atoms with Crippen LogP contribution >= 0.6 is 0 Å². The molecule has 7 heteroatoms. The first-order chi connectivity index (χ1) is 13.1. The van der Waals surface area contributed by atoms with Crippen LogP contribution in [-0.2, 0) is 0 Å². The molecule has 134 valence electrons. The average Bonchev–Trinajstić information content (AvgIpc) is 3.32. The SMILES string of the molecule is Cc1ccc(C(=O)Nc2nc3ccccc3[nH]2)cc1NC(=O)c1ccco1. The molecule has 0 atom stereocenters. The smallest absolute Gasteiger partial charge is 0.291 e. The number of fused-ring (bicyclic) bond motifs is 1. The van der Waals surface area contributed by atoms with Crippen molar-refractivity contribution in [3.05, 3.63) is 77.7 Å². The maximum absolute atomic E-state index is 12.6. The summed E-state index contributed by atoms with van der Waals surface area (Å²) in [4.78, 5) is 32.1. The number of hydrogen-bond acceptors (Lipinski definition) is 4.